The minimum absolute atomic E-state index is 0.292. The number of ether oxygens (including phenoxy) is 1. The quantitative estimate of drug-likeness (QED) is 0.430. The number of hydrogen-bond acceptors (Lipinski definition) is 3. The van der Waals surface area contributed by atoms with Gasteiger partial charge in [0.2, 0.25) is 0 Å². The molecule has 164 valence electrons. The number of aromatic nitrogens is 3. The molecule has 6 nitrogen and oxygen atoms in total. The summed E-state index contributed by atoms with van der Waals surface area (Å²) in [5.41, 5.74) is 4.86. The van der Waals surface area contributed by atoms with Crippen molar-refractivity contribution in [2.45, 2.75) is 26.0 Å². The smallest absolute Gasteiger partial charge is 0.331 e. The maximum absolute atomic E-state index is 13.4. The van der Waals surface area contributed by atoms with Gasteiger partial charge in [-0.3, -0.25) is 13.9 Å². The zero-order chi connectivity index (χ0) is 22.6. The van der Waals surface area contributed by atoms with Gasteiger partial charge in [0.25, 0.3) is 5.56 Å². The molecule has 32 heavy (non-hydrogen) atoms. The Labute approximate surface area is 193 Å². The third-order valence-electron chi connectivity index (χ3n) is 6.34. The van der Waals surface area contributed by atoms with Crippen LogP contribution in [0.5, 0.6) is 0 Å². The molecule has 1 aliphatic rings. The molecule has 0 fully saturated rings. The van der Waals surface area contributed by atoms with Crippen LogP contribution < -0.4 is 11.2 Å². The molecule has 7 heteroatoms. The lowest BCUT2D eigenvalue weighted by molar-refractivity contribution is 0.0478. The number of hydrogen-bond donors (Lipinski definition) is 0. The lowest BCUT2D eigenvalue weighted by Crippen LogP contribution is -2.37. The molecule has 3 heterocycles. The minimum Gasteiger partial charge on any atom is -0.365 e. The summed E-state index contributed by atoms with van der Waals surface area (Å²) in [5, 5.41) is 0.545. The molecule has 2 aromatic carbocycles. The van der Waals surface area contributed by atoms with Crippen LogP contribution in [0.4, 0.5) is 0 Å². The van der Waals surface area contributed by atoms with Gasteiger partial charge in [-0.2, -0.15) is 0 Å². The fraction of sp³-hybridized carbons (Fsp3) is 0.280. The maximum Gasteiger partial charge on any atom is 0.331 e. The second-order valence-corrected chi connectivity index (χ2v) is 9.09. The topological polar surface area (TPSA) is 58.2 Å². The molecule has 0 saturated heterocycles. The van der Waals surface area contributed by atoms with E-state index in [0.29, 0.717) is 24.1 Å². The predicted octanol–water partition coefficient (Wildman–Crippen LogP) is 4.15. The van der Waals surface area contributed by atoms with Crippen molar-refractivity contribution in [1.82, 2.24) is 13.7 Å². The van der Waals surface area contributed by atoms with Crippen molar-refractivity contribution < 1.29 is 4.74 Å². The van der Waals surface area contributed by atoms with Crippen LogP contribution in [-0.2, 0) is 31.8 Å². The van der Waals surface area contributed by atoms with E-state index in [1.807, 2.05) is 24.3 Å². The summed E-state index contributed by atoms with van der Waals surface area (Å²) in [6, 6.07) is 16.3. The molecule has 0 unspecified atom stereocenters. The van der Waals surface area contributed by atoms with E-state index in [1.165, 1.54) is 17.2 Å². The molecule has 0 radical (unpaired) electrons. The fourth-order valence-corrected chi connectivity index (χ4v) is 5.10. The molecule has 1 aliphatic heterocycles. The van der Waals surface area contributed by atoms with Gasteiger partial charge in [0.05, 0.1) is 28.9 Å². The van der Waals surface area contributed by atoms with Crippen LogP contribution in [0.2, 0.25) is 0 Å². The Balaban J connectivity index is 1.90. The zero-order valence-corrected chi connectivity index (χ0v) is 19.8. The van der Waals surface area contributed by atoms with Crippen LogP contribution in [0.25, 0.3) is 22.2 Å². The highest BCUT2D eigenvalue weighted by Crippen LogP contribution is 2.41. The van der Waals surface area contributed by atoms with Gasteiger partial charge in [-0.1, -0.05) is 59.3 Å². The molecule has 0 aliphatic carbocycles. The average molecular weight is 494 g/mol. The van der Waals surface area contributed by atoms with E-state index in [2.05, 4.69) is 51.7 Å². The fourth-order valence-electron chi connectivity index (χ4n) is 4.70. The lowest BCUT2D eigenvalue weighted by Gasteiger charge is -2.28. The van der Waals surface area contributed by atoms with Crippen molar-refractivity contribution in [3.8, 4) is 11.3 Å². The van der Waals surface area contributed by atoms with Crippen LogP contribution in [-0.4, -0.2) is 20.3 Å². The molecule has 4 aromatic rings. The van der Waals surface area contributed by atoms with E-state index >= 15 is 0 Å². The summed E-state index contributed by atoms with van der Waals surface area (Å²) in [6.07, 6.45) is 0.596. The summed E-state index contributed by atoms with van der Waals surface area (Å²) in [7, 11) is 3.25. The SMILES string of the molecule is CCc1ccc([C@@H]2OCCn3c(-c4cccc(Br)c4)c4c(=O)n(C)c(=O)n(C)c4c32)cc1. The number of nitrogens with zero attached hydrogens (tertiary/aromatic N) is 3. The van der Waals surface area contributed by atoms with Gasteiger partial charge >= 0.3 is 5.69 Å². The minimum atomic E-state index is -0.365. The molecule has 0 bridgehead atoms. The summed E-state index contributed by atoms with van der Waals surface area (Å²) in [4.78, 5) is 26.3. The molecular formula is C25H24BrN3O3. The number of fused-ring (bicyclic) bond motifs is 3. The van der Waals surface area contributed by atoms with Crippen molar-refractivity contribution >= 4 is 26.8 Å². The first kappa shape index (κ1) is 21.0. The Kier molecular flexibility index (Phi) is 5.18. The molecule has 0 N–H and O–H groups in total. The van der Waals surface area contributed by atoms with Gasteiger partial charge in [-0.25, -0.2) is 4.79 Å². The van der Waals surface area contributed by atoms with E-state index < -0.39 is 0 Å². The average Bonchev–Trinajstić information content (AvgIpc) is 3.17. The number of benzene rings is 2. The number of aryl methyl sites for hydroxylation is 2. The van der Waals surface area contributed by atoms with E-state index in [0.717, 1.165) is 33.4 Å². The molecular weight excluding hydrogens is 470 g/mol. The summed E-state index contributed by atoms with van der Waals surface area (Å²) in [6.45, 7) is 3.25. The monoisotopic (exact) mass is 493 g/mol. The van der Waals surface area contributed by atoms with Crippen LogP contribution in [0.3, 0.4) is 0 Å². The van der Waals surface area contributed by atoms with Crippen LogP contribution in [0.15, 0.2) is 62.6 Å². The first-order valence-electron chi connectivity index (χ1n) is 10.7. The van der Waals surface area contributed by atoms with Crippen molar-refractivity contribution in [2.24, 2.45) is 14.1 Å². The van der Waals surface area contributed by atoms with Gasteiger partial charge < -0.3 is 9.30 Å². The van der Waals surface area contributed by atoms with Gasteiger partial charge in [0.15, 0.2) is 0 Å². The Morgan fingerprint density at radius 2 is 1.81 bits per heavy atom. The van der Waals surface area contributed by atoms with Crippen LogP contribution >= 0.6 is 15.9 Å². The van der Waals surface area contributed by atoms with Gasteiger partial charge in [0.1, 0.15) is 6.10 Å². The second-order valence-electron chi connectivity index (χ2n) is 8.17. The summed E-state index contributed by atoms with van der Waals surface area (Å²) in [5.74, 6) is 0. The van der Waals surface area contributed by atoms with E-state index in [1.54, 1.807) is 11.6 Å². The predicted molar refractivity (Wildman–Crippen MR) is 129 cm³/mol. The zero-order valence-electron chi connectivity index (χ0n) is 18.3. The Morgan fingerprint density at radius 1 is 1.06 bits per heavy atom. The third-order valence-corrected chi connectivity index (χ3v) is 6.83. The van der Waals surface area contributed by atoms with Gasteiger partial charge in [-0.05, 0) is 29.7 Å². The van der Waals surface area contributed by atoms with E-state index in [9.17, 15) is 9.59 Å². The third kappa shape index (κ3) is 3.11. The number of halogens is 1. The molecule has 0 saturated carbocycles. The Hall–Kier alpha value is -2.90. The first-order valence-corrected chi connectivity index (χ1v) is 11.5. The standard InChI is InChI=1S/C25H24BrN3O3/c1-4-15-8-10-16(11-9-15)23-22-21-19(24(30)28(3)25(31)27(21)2)20(29(22)12-13-32-23)17-6-5-7-18(26)14-17/h5-11,14,23H,4,12-13H2,1-3H3/t23-/m0/s1. The maximum atomic E-state index is 13.4. The molecule has 0 amide bonds. The van der Waals surface area contributed by atoms with E-state index in [-0.39, 0.29) is 17.4 Å². The summed E-state index contributed by atoms with van der Waals surface area (Å²) >= 11 is 3.56. The highest BCUT2D eigenvalue weighted by molar-refractivity contribution is 9.10. The normalized spacial score (nSPS) is 15.8. The lowest BCUT2D eigenvalue weighted by atomic mass is 10.0. The van der Waals surface area contributed by atoms with Gasteiger partial charge in [-0.15, -0.1) is 0 Å². The molecule has 2 aromatic heterocycles. The van der Waals surface area contributed by atoms with Crippen LogP contribution in [0.1, 0.15) is 29.8 Å². The summed E-state index contributed by atoms with van der Waals surface area (Å²) < 4.78 is 12.1. The van der Waals surface area contributed by atoms with E-state index in [4.69, 9.17) is 4.74 Å². The molecule has 0 spiro atoms. The second kappa shape index (κ2) is 7.90. The molecule has 1 atom stereocenters. The largest absolute Gasteiger partial charge is 0.365 e. The Bertz CT molecular complexity index is 1460. The Morgan fingerprint density at radius 3 is 2.50 bits per heavy atom. The van der Waals surface area contributed by atoms with Crippen molar-refractivity contribution in [2.75, 3.05) is 6.61 Å². The highest BCUT2D eigenvalue weighted by Gasteiger charge is 2.33. The first-order chi connectivity index (χ1) is 15.4. The van der Waals surface area contributed by atoms with Crippen molar-refractivity contribution in [1.29, 1.82) is 0 Å². The highest BCUT2D eigenvalue weighted by atomic mass is 79.9. The molecule has 5 rings (SSSR count). The van der Waals surface area contributed by atoms with Crippen LogP contribution in [0, 0.1) is 0 Å². The van der Waals surface area contributed by atoms with Gasteiger partial charge in [0, 0.05) is 30.7 Å². The van der Waals surface area contributed by atoms with Crippen molar-refractivity contribution in [3.63, 3.8) is 0 Å². The number of rotatable bonds is 3. The van der Waals surface area contributed by atoms with Crippen molar-refractivity contribution in [3.05, 3.63) is 90.7 Å².